The smallest absolute Gasteiger partial charge is 0.341 e. The maximum atomic E-state index is 13.1. The number of esters is 1. The fourth-order valence-corrected chi connectivity index (χ4v) is 5.17. The van der Waals surface area contributed by atoms with Crippen molar-refractivity contribution < 1.29 is 27.8 Å². The monoisotopic (exact) mass is 531 g/mol. The first-order valence-corrected chi connectivity index (χ1v) is 13.5. The second kappa shape index (κ2) is 12.9. The van der Waals surface area contributed by atoms with Gasteiger partial charge in [0, 0.05) is 11.6 Å². The van der Waals surface area contributed by atoms with Gasteiger partial charge in [-0.1, -0.05) is 35.9 Å². The normalized spacial score (nSPS) is 12.2. The van der Waals surface area contributed by atoms with Crippen LogP contribution in [0.5, 0.6) is 5.75 Å². The number of sulfone groups is 1. The van der Waals surface area contributed by atoms with Crippen LogP contribution >= 0.6 is 11.6 Å². The minimum absolute atomic E-state index is 0.0124. The van der Waals surface area contributed by atoms with Crippen LogP contribution in [-0.4, -0.2) is 46.3 Å². The van der Waals surface area contributed by atoms with E-state index in [2.05, 4.69) is 5.32 Å². The number of nitrogens with one attached hydrogen (secondary N) is 1. The fraction of sp³-hybridized carbons (Fsp3) is 0.296. The average Bonchev–Trinajstić information content (AvgIpc) is 2.88. The third-order valence-corrected chi connectivity index (χ3v) is 7.60. The van der Waals surface area contributed by atoms with Gasteiger partial charge in [-0.3, -0.25) is 0 Å². The molecule has 0 spiro atoms. The minimum Gasteiger partial charge on any atom is -0.496 e. The molecule has 192 valence electrons. The number of carbonyl (C=O) groups excluding carboxylic acids is 1. The Labute approximate surface area is 216 Å². The number of aliphatic hydroxyl groups is 1. The van der Waals surface area contributed by atoms with E-state index < -0.39 is 21.9 Å². The number of hydrogen-bond donors (Lipinski definition) is 2. The molecular formula is C27H30ClNO6S. The van der Waals surface area contributed by atoms with Gasteiger partial charge in [0.05, 0.1) is 29.6 Å². The fourth-order valence-electron chi connectivity index (χ4n) is 3.68. The maximum Gasteiger partial charge on any atom is 0.341 e. The number of hydrogen-bond acceptors (Lipinski definition) is 7. The molecule has 0 heterocycles. The van der Waals surface area contributed by atoms with Crippen molar-refractivity contribution in [2.24, 2.45) is 0 Å². The first-order valence-electron chi connectivity index (χ1n) is 11.6. The van der Waals surface area contributed by atoms with Gasteiger partial charge >= 0.3 is 5.97 Å². The molecule has 9 heteroatoms. The Bertz CT molecular complexity index is 1280. The van der Waals surface area contributed by atoms with Crippen LogP contribution in [0, 0.1) is 0 Å². The summed E-state index contributed by atoms with van der Waals surface area (Å²) in [6.07, 6.45) is 0.918. The van der Waals surface area contributed by atoms with Gasteiger partial charge in [-0.25, -0.2) is 13.2 Å². The van der Waals surface area contributed by atoms with Crippen LogP contribution in [0.15, 0.2) is 76.5 Å². The molecule has 3 rings (SSSR count). The first kappa shape index (κ1) is 27.7. The van der Waals surface area contributed by atoms with Crippen LogP contribution in [0.25, 0.3) is 0 Å². The van der Waals surface area contributed by atoms with Crippen molar-refractivity contribution in [1.82, 2.24) is 5.32 Å². The van der Waals surface area contributed by atoms with Gasteiger partial charge in [0.15, 0.2) is 0 Å². The molecule has 36 heavy (non-hydrogen) atoms. The number of aryl methyl sites for hydroxylation is 1. The number of benzene rings is 3. The summed E-state index contributed by atoms with van der Waals surface area (Å²) in [7, 11) is -2.43. The highest BCUT2D eigenvalue weighted by Gasteiger charge is 2.22. The topological polar surface area (TPSA) is 102 Å². The van der Waals surface area contributed by atoms with E-state index >= 15 is 0 Å². The van der Waals surface area contributed by atoms with E-state index in [1.54, 1.807) is 49.4 Å². The largest absolute Gasteiger partial charge is 0.496 e. The second-order valence-corrected chi connectivity index (χ2v) is 10.5. The Balaban J connectivity index is 1.58. The molecule has 2 N–H and O–H groups in total. The van der Waals surface area contributed by atoms with E-state index in [0.717, 1.165) is 24.0 Å². The van der Waals surface area contributed by atoms with Crippen molar-refractivity contribution in [2.45, 2.75) is 35.7 Å². The van der Waals surface area contributed by atoms with Crippen LogP contribution in [0.1, 0.15) is 40.9 Å². The molecule has 0 radical (unpaired) electrons. The summed E-state index contributed by atoms with van der Waals surface area (Å²) in [6, 6.07) is 18.0. The Morgan fingerprint density at radius 2 is 1.78 bits per heavy atom. The van der Waals surface area contributed by atoms with Crippen LogP contribution in [0.3, 0.4) is 0 Å². The van der Waals surface area contributed by atoms with Crippen LogP contribution < -0.4 is 10.1 Å². The van der Waals surface area contributed by atoms with Gasteiger partial charge in [0.1, 0.15) is 11.3 Å². The van der Waals surface area contributed by atoms with E-state index in [4.69, 9.17) is 21.1 Å². The van der Waals surface area contributed by atoms with Crippen LogP contribution in [-0.2, 0) is 21.0 Å². The first-order chi connectivity index (χ1) is 17.3. The van der Waals surface area contributed by atoms with Gasteiger partial charge in [-0.05, 0) is 79.9 Å². The zero-order valence-electron chi connectivity index (χ0n) is 20.2. The van der Waals surface area contributed by atoms with Crippen LogP contribution in [0.4, 0.5) is 0 Å². The number of carbonyl (C=O) groups is 1. The Hall–Kier alpha value is -2.91. The molecule has 0 bridgehead atoms. The molecule has 3 aromatic carbocycles. The molecular weight excluding hydrogens is 502 g/mol. The van der Waals surface area contributed by atoms with Crippen molar-refractivity contribution in [3.63, 3.8) is 0 Å². The second-order valence-electron chi connectivity index (χ2n) is 8.11. The summed E-state index contributed by atoms with van der Waals surface area (Å²) < 4.78 is 36.5. The summed E-state index contributed by atoms with van der Waals surface area (Å²) in [5.41, 5.74) is 1.82. The lowest BCUT2D eigenvalue weighted by Crippen LogP contribution is -2.22. The maximum absolute atomic E-state index is 13.1. The molecule has 0 saturated carbocycles. The lowest BCUT2D eigenvalue weighted by atomic mass is 10.1. The molecule has 0 aromatic heterocycles. The number of aliphatic hydroxyl groups excluding tert-OH is 1. The summed E-state index contributed by atoms with van der Waals surface area (Å²) in [6.45, 7) is 2.94. The van der Waals surface area contributed by atoms with E-state index in [9.17, 15) is 18.3 Å². The summed E-state index contributed by atoms with van der Waals surface area (Å²) in [4.78, 5) is 12.4. The molecule has 0 saturated heterocycles. The Kier molecular flexibility index (Phi) is 9.89. The number of halogens is 1. The van der Waals surface area contributed by atoms with Crippen molar-refractivity contribution >= 4 is 27.4 Å². The number of ether oxygens (including phenoxy) is 2. The SMILES string of the molecule is CCOC(=O)c1cc(S(=O)(=O)c2ccc(CCCNC[C@H](O)c3cccc(Cl)c3)cc2)ccc1OC. The zero-order valence-corrected chi connectivity index (χ0v) is 21.8. The molecule has 1 atom stereocenters. The van der Waals surface area contributed by atoms with Crippen molar-refractivity contribution in [1.29, 1.82) is 0 Å². The molecule has 0 amide bonds. The van der Waals surface area contributed by atoms with Gasteiger partial charge in [0.2, 0.25) is 9.84 Å². The number of methoxy groups -OCH3 is 1. The predicted octanol–water partition coefficient (Wildman–Crippen LogP) is 4.61. The lowest BCUT2D eigenvalue weighted by molar-refractivity contribution is 0.0522. The number of rotatable bonds is 12. The zero-order chi connectivity index (χ0) is 26.1. The van der Waals surface area contributed by atoms with Gasteiger partial charge < -0.3 is 19.9 Å². The molecule has 7 nitrogen and oxygen atoms in total. The summed E-state index contributed by atoms with van der Waals surface area (Å²) in [5.74, 6) is -0.396. The van der Waals surface area contributed by atoms with Gasteiger partial charge in [-0.2, -0.15) is 0 Å². The standard InChI is InChI=1S/C27H30ClNO6S/c1-3-35-27(31)24-17-23(13-14-26(24)34-2)36(32,33)22-11-9-19(10-12-22)6-5-15-29-18-25(30)20-7-4-8-21(28)16-20/h4,7-14,16-17,25,29-30H,3,5-6,15,18H2,1-2H3/t25-/m0/s1. The van der Waals surface area contributed by atoms with Crippen molar-refractivity contribution in [3.8, 4) is 5.75 Å². The Morgan fingerprint density at radius 1 is 1.06 bits per heavy atom. The highest BCUT2D eigenvalue weighted by atomic mass is 35.5. The van der Waals surface area contributed by atoms with E-state index in [1.807, 2.05) is 6.07 Å². The third-order valence-electron chi connectivity index (χ3n) is 5.60. The third kappa shape index (κ3) is 7.07. The summed E-state index contributed by atoms with van der Waals surface area (Å²) >= 11 is 5.96. The highest BCUT2D eigenvalue weighted by Crippen LogP contribution is 2.27. The average molecular weight is 532 g/mol. The van der Waals surface area contributed by atoms with Crippen molar-refractivity contribution in [3.05, 3.63) is 88.4 Å². The minimum atomic E-state index is -3.83. The lowest BCUT2D eigenvalue weighted by Gasteiger charge is -2.13. The molecule has 0 aliphatic carbocycles. The van der Waals surface area contributed by atoms with Crippen molar-refractivity contribution in [2.75, 3.05) is 26.8 Å². The van der Waals surface area contributed by atoms with E-state index in [0.29, 0.717) is 18.1 Å². The molecule has 0 fully saturated rings. The Morgan fingerprint density at radius 3 is 2.44 bits per heavy atom. The molecule has 0 unspecified atom stereocenters. The molecule has 0 aliphatic rings. The predicted molar refractivity (Wildman–Crippen MR) is 138 cm³/mol. The van der Waals surface area contributed by atoms with Gasteiger partial charge in [0.25, 0.3) is 0 Å². The molecule has 0 aliphatic heterocycles. The van der Waals surface area contributed by atoms with Crippen LogP contribution in [0.2, 0.25) is 5.02 Å². The van der Waals surface area contributed by atoms with Gasteiger partial charge in [-0.15, -0.1) is 0 Å². The highest BCUT2D eigenvalue weighted by molar-refractivity contribution is 7.91. The van der Waals surface area contributed by atoms with E-state index in [1.165, 1.54) is 25.3 Å². The summed E-state index contributed by atoms with van der Waals surface area (Å²) in [5, 5.41) is 14.1. The van der Waals surface area contributed by atoms with E-state index in [-0.39, 0.29) is 27.7 Å². The quantitative estimate of drug-likeness (QED) is 0.260. The molecule has 3 aromatic rings.